The van der Waals surface area contributed by atoms with E-state index in [1.54, 1.807) is 12.1 Å². The molecule has 0 spiro atoms. The Morgan fingerprint density at radius 1 is 0.765 bits per heavy atom. The van der Waals surface area contributed by atoms with Crippen LogP contribution in [0.2, 0.25) is 0 Å². The van der Waals surface area contributed by atoms with E-state index >= 15 is 0 Å². The molecule has 2 amide bonds. The lowest BCUT2D eigenvalue weighted by Gasteiger charge is -2.18. The highest BCUT2D eigenvalue weighted by atomic mass is 79.9. The van der Waals surface area contributed by atoms with Crippen molar-refractivity contribution in [3.8, 4) is 0 Å². The van der Waals surface area contributed by atoms with E-state index in [-0.39, 0.29) is 11.8 Å². The number of halogens is 2. The zero-order valence-corrected chi connectivity index (χ0v) is 20.3. The average molecular weight is 535 g/mol. The van der Waals surface area contributed by atoms with Crippen molar-refractivity contribution in [3.05, 3.63) is 125 Å². The van der Waals surface area contributed by atoms with Gasteiger partial charge in [-0.1, -0.05) is 42.5 Å². The molecule has 0 aromatic heterocycles. The van der Waals surface area contributed by atoms with Gasteiger partial charge in [-0.3, -0.25) is 9.59 Å². The maximum atomic E-state index is 13.2. The molecule has 0 bridgehead atoms. The fourth-order valence-corrected chi connectivity index (χ4v) is 4.63. The van der Waals surface area contributed by atoms with Crippen LogP contribution in [-0.2, 0) is 4.79 Å². The maximum absolute atomic E-state index is 13.2. The highest BCUT2D eigenvalue weighted by molar-refractivity contribution is 9.10. The van der Waals surface area contributed by atoms with Gasteiger partial charge in [-0.15, -0.1) is 11.8 Å². The first-order chi connectivity index (χ1) is 16.5. The van der Waals surface area contributed by atoms with Crippen molar-refractivity contribution < 1.29 is 14.0 Å². The van der Waals surface area contributed by atoms with E-state index in [2.05, 4.69) is 26.6 Å². The molecule has 0 radical (unpaired) electrons. The molecule has 170 valence electrons. The average Bonchev–Trinajstić information content (AvgIpc) is 2.86. The maximum Gasteiger partial charge on any atom is 0.255 e. The van der Waals surface area contributed by atoms with Crippen molar-refractivity contribution in [2.24, 2.45) is 0 Å². The van der Waals surface area contributed by atoms with Crippen molar-refractivity contribution in [3.63, 3.8) is 0 Å². The molecule has 7 heteroatoms. The first kappa shape index (κ1) is 23.7. The van der Waals surface area contributed by atoms with Gasteiger partial charge in [0.25, 0.3) is 5.91 Å². The van der Waals surface area contributed by atoms with Crippen LogP contribution in [0.15, 0.2) is 112 Å². The summed E-state index contributed by atoms with van der Waals surface area (Å²) in [4.78, 5) is 26.5. The summed E-state index contributed by atoms with van der Waals surface area (Å²) in [6.07, 6.45) is 0. The van der Waals surface area contributed by atoms with E-state index in [0.29, 0.717) is 16.9 Å². The Morgan fingerprint density at radius 3 is 2.09 bits per heavy atom. The quantitative estimate of drug-likeness (QED) is 0.244. The Morgan fingerprint density at radius 2 is 1.41 bits per heavy atom. The van der Waals surface area contributed by atoms with Crippen LogP contribution in [0.25, 0.3) is 0 Å². The number of hydrogen-bond acceptors (Lipinski definition) is 3. The van der Waals surface area contributed by atoms with E-state index in [4.69, 9.17) is 0 Å². The summed E-state index contributed by atoms with van der Waals surface area (Å²) in [6.45, 7) is 0. The molecule has 0 aliphatic carbocycles. The van der Waals surface area contributed by atoms with Crippen LogP contribution in [0.3, 0.4) is 0 Å². The Balaban J connectivity index is 1.49. The molecule has 4 aromatic rings. The topological polar surface area (TPSA) is 58.2 Å². The monoisotopic (exact) mass is 534 g/mol. The molecule has 0 fully saturated rings. The van der Waals surface area contributed by atoms with Crippen molar-refractivity contribution in [1.82, 2.24) is 0 Å². The SMILES string of the molecule is O=C(Nc1ccc(SC(C(=O)Nc2ccccc2Br)c2ccccc2)cc1)c1ccc(F)cc1. The minimum absolute atomic E-state index is 0.142. The summed E-state index contributed by atoms with van der Waals surface area (Å²) in [5, 5.41) is 5.32. The van der Waals surface area contributed by atoms with Gasteiger partial charge in [0.2, 0.25) is 5.91 Å². The van der Waals surface area contributed by atoms with E-state index < -0.39 is 11.1 Å². The number of anilines is 2. The van der Waals surface area contributed by atoms with Gasteiger partial charge < -0.3 is 10.6 Å². The van der Waals surface area contributed by atoms with Crippen LogP contribution in [0.5, 0.6) is 0 Å². The molecule has 34 heavy (non-hydrogen) atoms. The number of rotatable bonds is 7. The van der Waals surface area contributed by atoms with Crippen molar-refractivity contribution in [2.45, 2.75) is 10.1 Å². The number of para-hydroxylation sites is 1. The molecule has 0 saturated heterocycles. The first-order valence-electron chi connectivity index (χ1n) is 10.4. The number of thioether (sulfide) groups is 1. The molecule has 0 heterocycles. The zero-order valence-electron chi connectivity index (χ0n) is 17.9. The predicted octanol–water partition coefficient (Wildman–Crippen LogP) is 7.31. The lowest BCUT2D eigenvalue weighted by Crippen LogP contribution is -2.19. The summed E-state index contributed by atoms with van der Waals surface area (Å²) < 4.78 is 13.9. The summed E-state index contributed by atoms with van der Waals surface area (Å²) in [6, 6.07) is 29.7. The van der Waals surface area contributed by atoms with Crippen LogP contribution in [0.4, 0.5) is 15.8 Å². The van der Waals surface area contributed by atoms with Gasteiger partial charge in [-0.2, -0.15) is 0 Å². The second-order valence-corrected chi connectivity index (χ2v) is 9.40. The molecule has 4 rings (SSSR count). The van der Waals surface area contributed by atoms with Crippen LogP contribution < -0.4 is 10.6 Å². The normalized spacial score (nSPS) is 11.5. The molecular formula is C27H20BrFN2O2S. The summed E-state index contributed by atoms with van der Waals surface area (Å²) in [5.41, 5.74) is 2.55. The second-order valence-electron chi connectivity index (χ2n) is 7.36. The highest BCUT2D eigenvalue weighted by Gasteiger charge is 2.23. The van der Waals surface area contributed by atoms with Gasteiger partial charge in [0.15, 0.2) is 0 Å². The third-order valence-electron chi connectivity index (χ3n) is 4.94. The molecule has 1 unspecified atom stereocenters. The van der Waals surface area contributed by atoms with Crippen molar-refractivity contribution in [1.29, 1.82) is 0 Å². The predicted molar refractivity (Wildman–Crippen MR) is 139 cm³/mol. The number of benzene rings is 4. The minimum atomic E-state index is -0.479. The van der Waals surface area contributed by atoms with Crippen molar-refractivity contribution >= 4 is 50.9 Å². The number of carbonyl (C=O) groups is 2. The zero-order chi connectivity index (χ0) is 23.9. The number of hydrogen-bond donors (Lipinski definition) is 2. The van der Waals surface area contributed by atoms with Crippen molar-refractivity contribution in [2.75, 3.05) is 10.6 Å². The summed E-state index contributed by atoms with van der Waals surface area (Å²) in [5.74, 6) is -0.860. The fraction of sp³-hybridized carbons (Fsp3) is 0.0370. The molecule has 1 atom stereocenters. The van der Waals surface area contributed by atoms with E-state index in [1.165, 1.54) is 36.0 Å². The minimum Gasteiger partial charge on any atom is -0.324 e. The Kier molecular flexibility index (Phi) is 7.77. The first-order valence-corrected chi connectivity index (χ1v) is 12.1. The Labute approximate surface area is 209 Å². The molecule has 0 aliphatic heterocycles. The van der Waals surface area contributed by atoms with E-state index in [0.717, 1.165) is 14.9 Å². The van der Waals surface area contributed by atoms with Gasteiger partial charge >= 0.3 is 0 Å². The third kappa shape index (κ3) is 6.12. The smallest absolute Gasteiger partial charge is 0.255 e. The largest absolute Gasteiger partial charge is 0.324 e. The lowest BCUT2D eigenvalue weighted by molar-refractivity contribution is -0.115. The molecular weight excluding hydrogens is 515 g/mol. The van der Waals surface area contributed by atoms with E-state index in [9.17, 15) is 14.0 Å². The van der Waals surface area contributed by atoms with E-state index in [1.807, 2.05) is 66.7 Å². The highest BCUT2D eigenvalue weighted by Crippen LogP contribution is 2.37. The fourth-order valence-electron chi connectivity index (χ4n) is 3.22. The Hall–Kier alpha value is -3.42. The van der Waals surface area contributed by atoms with Gasteiger partial charge in [0, 0.05) is 20.6 Å². The molecule has 0 aliphatic rings. The Bertz CT molecular complexity index is 1280. The van der Waals surface area contributed by atoms with Crippen LogP contribution in [0.1, 0.15) is 21.2 Å². The number of nitrogens with one attached hydrogen (secondary N) is 2. The number of carbonyl (C=O) groups excluding carboxylic acids is 2. The summed E-state index contributed by atoms with van der Waals surface area (Å²) in [7, 11) is 0. The second kappa shape index (κ2) is 11.1. The van der Waals surface area contributed by atoms with Gasteiger partial charge in [0.05, 0.1) is 5.69 Å². The molecule has 4 aromatic carbocycles. The lowest BCUT2D eigenvalue weighted by atomic mass is 10.1. The van der Waals surface area contributed by atoms with Crippen LogP contribution >= 0.6 is 27.7 Å². The molecule has 0 saturated carbocycles. The third-order valence-corrected chi connectivity index (χ3v) is 6.90. The van der Waals surface area contributed by atoms with Gasteiger partial charge in [-0.05, 0) is 82.2 Å². The van der Waals surface area contributed by atoms with Gasteiger partial charge in [0.1, 0.15) is 11.1 Å². The standard InChI is InChI=1S/C27H20BrFN2O2S/c28-23-8-4-5-9-24(23)31-27(33)25(18-6-2-1-3-7-18)34-22-16-14-21(15-17-22)30-26(32)19-10-12-20(29)13-11-19/h1-17,25H,(H,30,32)(H,31,33). The molecule has 2 N–H and O–H groups in total. The summed E-state index contributed by atoms with van der Waals surface area (Å²) >= 11 is 4.89. The molecule has 4 nitrogen and oxygen atoms in total. The van der Waals surface area contributed by atoms with Gasteiger partial charge in [-0.25, -0.2) is 4.39 Å². The van der Waals surface area contributed by atoms with Crippen LogP contribution in [0, 0.1) is 5.82 Å². The van der Waals surface area contributed by atoms with Crippen LogP contribution in [-0.4, -0.2) is 11.8 Å². The number of amides is 2.